The molecule has 3 heterocycles. The molecule has 1 unspecified atom stereocenters. The number of nitrogens with zero attached hydrogens (tertiary/aromatic N) is 4. The van der Waals surface area contributed by atoms with Crippen molar-refractivity contribution in [2.45, 2.75) is 25.8 Å². The van der Waals surface area contributed by atoms with Crippen LogP contribution in [0, 0.1) is 0 Å². The van der Waals surface area contributed by atoms with Crippen molar-refractivity contribution in [2.75, 3.05) is 19.6 Å². The number of fused-ring (bicyclic) bond motifs is 1. The van der Waals surface area contributed by atoms with E-state index in [4.69, 9.17) is 4.98 Å². The number of likely N-dealkylation sites (N-methyl/N-ethyl adjacent to an activating group) is 1. The van der Waals surface area contributed by atoms with Gasteiger partial charge in [-0.1, -0.05) is 37.3 Å². The predicted octanol–water partition coefficient (Wildman–Crippen LogP) is 3.29. The topological polar surface area (TPSA) is 34.0 Å². The zero-order valence-corrected chi connectivity index (χ0v) is 13.5. The van der Waals surface area contributed by atoms with Gasteiger partial charge in [-0.05, 0) is 37.2 Å². The number of imidazole rings is 1. The van der Waals surface area contributed by atoms with Gasteiger partial charge in [0.2, 0.25) is 0 Å². The van der Waals surface area contributed by atoms with Crippen molar-refractivity contribution in [3.63, 3.8) is 0 Å². The second-order valence-electron chi connectivity index (χ2n) is 6.27. The molecule has 1 saturated heterocycles. The van der Waals surface area contributed by atoms with E-state index in [9.17, 15) is 0 Å². The van der Waals surface area contributed by atoms with Crippen LogP contribution in [0.25, 0.3) is 11.2 Å². The Bertz CT molecular complexity index is 793. The molecule has 118 valence electrons. The van der Waals surface area contributed by atoms with E-state index in [0.29, 0.717) is 5.92 Å². The Kier molecular flexibility index (Phi) is 3.83. The Morgan fingerprint density at radius 3 is 2.78 bits per heavy atom. The Labute approximate surface area is 136 Å². The number of benzene rings is 1. The van der Waals surface area contributed by atoms with Crippen LogP contribution in [-0.4, -0.2) is 39.1 Å². The third kappa shape index (κ3) is 2.75. The van der Waals surface area contributed by atoms with Crippen LogP contribution >= 0.6 is 0 Å². The first kappa shape index (κ1) is 14.4. The number of likely N-dealkylation sites (tertiary alicyclic amines) is 1. The van der Waals surface area contributed by atoms with Crippen LogP contribution < -0.4 is 0 Å². The van der Waals surface area contributed by atoms with E-state index in [-0.39, 0.29) is 0 Å². The van der Waals surface area contributed by atoms with Gasteiger partial charge in [0.1, 0.15) is 11.3 Å². The third-order valence-corrected chi connectivity index (χ3v) is 4.80. The summed E-state index contributed by atoms with van der Waals surface area (Å²) in [6, 6.07) is 14.6. The summed E-state index contributed by atoms with van der Waals surface area (Å²) in [6.07, 6.45) is 3.05. The summed E-state index contributed by atoms with van der Waals surface area (Å²) in [5.74, 6) is 1.70. The Morgan fingerprint density at radius 2 is 2.00 bits per heavy atom. The average Bonchev–Trinajstić information content (AvgIpc) is 3.21. The van der Waals surface area contributed by atoms with Crippen molar-refractivity contribution in [1.82, 2.24) is 19.4 Å². The highest BCUT2D eigenvalue weighted by atomic mass is 15.2. The largest absolute Gasteiger partial charge is 0.308 e. The molecule has 1 aliphatic rings. The molecule has 1 atom stereocenters. The van der Waals surface area contributed by atoms with Crippen LogP contribution in [0.5, 0.6) is 0 Å². The zero-order valence-electron chi connectivity index (χ0n) is 13.5. The molecule has 4 rings (SSSR count). The van der Waals surface area contributed by atoms with Gasteiger partial charge in [-0.25, -0.2) is 9.97 Å². The highest BCUT2D eigenvalue weighted by Gasteiger charge is 2.27. The number of rotatable bonds is 4. The van der Waals surface area contributed by atoms with Crippen molar-refractivity contribution in [1.29, 1.82) is 0 Å². The second kappa shape index (κ2) is 6.13. The fourth-order valence-electron chi connectivity index (χ4n) is 3.54. The Hall–Kier alpha value is -2.20. The smallest absolute Gasteiger partial charge is 0.160 e. The minimum absolute atomic E-state index is 0.507. The molecule has 3 aromatic rings. The van der Waals surface area contributed by atoms with Gasteiger partial charge >= 0.3 is 0 Å². The summed E-state index contributed by atoms with van der Waals surface area (Å²) < 4.78 is 2.31. The second-order valence-corrected chi connectivity index (χ2v) is 6.27. The van der Waals surface area contributed by atoms with Crippen molar-refractivity contribution in [3.05, 3.63) is 60.0 Å². The number of hydrogen-bond acceptors (Lipinski definition) is 3. The van der Waals surface area contributed by atoms with Crippen molar-refractivity contribution >= 4 is 11.2 Å². The number of pyridine rings is 1. The molecule has 23 heavy (non-hydrogen) atoms. The van der Waals surface area contributed by atoms with E-state index in [1.807, 2.05) is 12.3 Å². The third-order valence-electron chi connectivity index (χ3n) is 4.80. The van der Waals surface area contributed by atoms with E-state index >= 15 is 0 Å². The maximum Gasteiger partial charge on any atom is 0.160 e. The van der Waals surface area contributed by atoms with Gasteiger partial charge in [-0.15, -0.1) is 0 Å². The van der Waals surface area contributed by atoms with Crippen LogP contribution in [0.4, 0.5) is 0 Å². The molecule has 2 aromatic heterocycles. The highest BCUT2D eigenvalue weighted by molar-refractivity contribution is 5.71. The quantitative estimate of drug-likeness (QED) is 0.742. The number of aromatic nitrogens is 3. The zero-order chi connectivity index (χ0) is 15.6. The minimum Gasteiger partial charge on any atom is -0.308 e. The van der Waals surface area contributed by atoms with Gasteiger partial charge in [0.15, 0.2) is 5.65 Å². The molecule has 1 aliphatic heterocycles. The molecular formula is C19H22N4. The standard InChI is InChI=1S/C19H22N4/c1-2-22-12-10-16(14-22)18-21-17-9-6-11-20-19(17)23(18)13-15-7-4-3-5-8-15/h3-9,11,16H,2,10,12-14H2,1H3. The Balaban J connectivity index is 1.76. The first-order valence-corrected chi connectivity index (χ1v) is 8.42. The molecule has 0 radical (unpaired) electrons. The van der Waals surface area contributed by atoms with E-state index in [0.717, 1.165) is 30.8 Å². The Morgan fingerprint density at radius 1 is 1.13 bits per heavy atom. The fraction of sp³-hybridized carbons (Fsp3) is 0.368. The maximum atomic E-state index is 4.93. The summed E-state index contributed by atoms with van der Waals surface area (Å²) >= 11 is 0. The molecule has 1 aromatic carbocycles. The fourth-order valence-corrected chi connectivity index (χ4v) is 3.54. The average molecular weight is 306 g/mol. The van der Waals surface area contributed by atoms with E-state index in [1.54, 1.807) is 0 Å². The van der Waals surface area contributed by atoms with Gasteiger partial charge < -0.3 is 9.47 Å². The molecule has 0 bridgehead atoms. The summed E-state index contributed by atoms with van der Waals surface area (Å²) in [7, 11) is 0. The normalized spacial score (nSPS) is 18.7. The first-order valence-electron chi connectivity index (χ1n) is 8.42. The van der Waals surface area contributed by atoms with Gasteiger partial charge in [0, 0.05) is 18.7 Å². The first-order chi connectivity index (χ1) is 11.3. The molecule has 0 spiro atoms. The molecule has 1 fully saturated rings. The molecule has 0 amide bonds. The maximum absolute atomic E-state index is 4.93. The molecule has 0 saturated carbocycles. The van der Waals surface area contributed by atoms with Crippen LogP contribution in [0.2, 0.25) is 0 Å². The van der Waals surface area contributed by atoms with Crippen LogP contribution in [0.3, 0.4) is 0 Å². The minimum atomic E-state index is 0.507. The SMILES string of the molecule is CCN1CCC(c2nc3cccnc3n2Cc2ccccc2)C1. The summed E-state index contributed by atoms with van der Waals surface area (Å²) in [4.78, 5) is 12.0. The predicted molar refractivity (Wildman–Crippen MR) is 92.5 cm³/mol. The van der Waals surface area contributed by atoms with E-state index in [2.05, 4.69) is 57.8 Å². The molecule has 0 N–H and O–H groups in total. The van der Waals surface area contributed by atoms with Gasteiger partial charge in [0.05, 0.1) is 6.54 Å². The number of hydrogen-bond donors (Lipinski definition) is 0. The lowest BCUT2D eigenvalue weighted by atomic mass is 10.1. The lowest BCUT2D eigenvalue weighted by Gasteiger charge is -2.15. The monoisotopic (exact) mass is 306 g/mol. The van der Waals surface area contributed by atoms with Crippen molar-refractivity contribution < 1.29 is 0 Å². The summed E-state index contributed by atoms with van der Waals surface area (Å²) in [5, 5.41) is 0. The van der Waals surface area contributed by atoms with E-state index in [1.165, 1.54) is 24.4 Å². The lowest BCUT2D eigenvalue weighted by molar-refractivity contribution is 0.352. The molecule has 0 aliphatic carbocycles. The molecular weight excluding hydrogens is 284 g/mol. The summed E-state index contributed by atoms with van der Waals surface area (Å²) in [5.41, 5.74) is 3.30. The van der Waals surface area contributed by atoms with Crippen LogP contribution in [0.1, 0.15) is 30.7 Å². The molecule has 4 heteroatoms. The van der Waals surface area contributed by atoms with Crippen LogP contribution in [-0.2, 0) is 6.54 Å². The van der Waals surface area contributed by atoms with E-state index < -0.39 is 0 Å². The highest BCUT2D eigenvalue weighted by Crippen LogP contribution is 2.29. The van der Waals surface area contributed by atoms with Gasteiger partial charge in [-0.2, -0.15) is 0 Å². The van der Waals surface area contributed by atoms with Crippen LogP contribution in [0.15, 0.2) is 48.7 Å². The lowest BCUT2D eigenvalue weighted by Crippen LogP contribution is -2.20. The van der Waals surface area contributed by atoms with Gasteiger partial charge in [0.25, 0.3) is 0 Å². The van der Waals surface area contributed by atoms with Crippen molar-refractivity contribution in [3.8, 4) is 0 Å². The molecule has 4 nitrogen and oxygen atoms in total. The van der Waals surface area contributed by atoms with Gasteiger partial charge in [-0.3, -0.25) is 0 Å². The van der Waals surface area contributed by atoms with Crippen molar-refractivity contribution in [2.24, 2.45) is 0 Å². The summed E-state index contributed by atoms with van der Waals surface area (Å²) in [6.45, 7) is 6.47.